The van der Waals surface area contributed by atoms with Crippen LogP contribution in [0.2, 0.25) is 0 Å². The van der Waals surface area contributed by atoms with E-state index in [9.17, 15) is 9.59 Å². The minimum absolute atomic E-state index is 0.290. The third-order valence-corrected chi connectivity index (χ3v) is 3.50. The molecule has 1 atom stereocenters. The number of nitrogen functional groups attached to an aromatic ring is 1. The molecular formula is C15H13N3O2. The topological polar surface area (TPSA) is 76.3 Å². The van der Waals surface area contributed by atoms with E-state index in [4.69, 9.17) is 5.73 Å². The van der Waals surface area contributed by atoms with Crippen molar-refractivity contribution in [3.05, 3.63) is 59.4 Å². The molecule has 100 valence electrons. The van der Waals surface area contributed by atoms with Crippen molar-refractivity contribution >= 4 is 17.5 Å². The first-order valence-corrected chi connectivity index (χ1v) is 6.27. The lowest BCUT2D eigenvalue weighted by Gasteiger charge is -2.23. The van der Waals surface area contributed by atoms with Crippen LogP contribution in [-0.4, -0.2) is 21.7 Å². The van der Waals surface area contributed by atoms with Crippen LogP contribution in [0.25, 0.3) is 0 Å². The van der Waals surface area contributed by atoms with Crippen molar-refractivity contribution in [1.82, 2.24) is 9.88 Å². The van der Waals surface area contributed by atoms with Gasteiger partial charge >= 0.3 is 0 Å². The number of carbonyl (C=O) groups excluding carboxylic acids is 2. The lowest BCUT2D eigenvalue weighted by atomic mass is 10.1. The normalized spacial score (nSPS) is 15.3. The molecule has 2 heterocycles. The number of nitrogens with two attached hydrogens (primary N) is 1. The summed E-state index contributed by atoms with van der Waals surface area (Å²) in [4.78, 5) is 29.8. The van der Waals surface area contributed by atoms with Gasteiger partial charge in [0.05, 0.1) is 17.2 Å². The molecule has 0 radical (unpaired) electrons. The standard InChI is InChI=1S/C15H13N3O2/c1-9(10-3-2-4-11(16)7-10)18-14(19)12-5-6-17-8-13(12)15(18)20/h2-9H,16H2,1H3. The van der Waals surface area contributed by atoms with Crippen molar-refractivity contribution in [2.45, 2.75) is 13.0 Å². The SMILES string of the molecule is CC(c1cccc(N)c1)N1C(=O)c2ccncc2C1=O. The van der Waals surface area contributed by atoms with E-state index in [1.807, 2.05) is 13.0 Å². The van der Waals surface area contributed by atoms with E-state index >= 15 is 0 Å². The number of hydrogen-bond acceptors (Lipinski definition) is 4. The Morgan fingerprint density at radius 1 is 1.15 bits per heavy atom. The predicted molar refractivity (Wildman–Crippen MR) is 74.0 cm³/mol. The number of anilines is 1. The molecule has 20 heavy (non-hydrogen) atoms. The van der Waals surface area contributed by atoms with Crippen LogP contribution in [0.1, 0.15) is 39.2 Å². The van der Waals surface area contributed by atoms with Crippen molar-refractivity contribution in [1.29, 1.82) is 0 Å². The molecule has 1 aliphatic rings. The van der Waals surface area contributed by atoms with Gasteiger partial charge in [-0.2, -0.15) is 0 Å². The van der Waals surface area contributed by atoms with Gasteiger partial charge in [0.25, 0.3) is 11.8 Å². The summed E-state index contributed by atoms with van der Waals surface area (Å²) in [5.74, 6) is -0.602. The highest BCUT2D eigenvalue weighted by Gasteiger charge is 2.38. The van der Waals surface area contributed by atoms with Gasteiger partial charge in [-0.1, -0.05) is 12.1 Å². The Balaban J connectivity index is 2.01. The molecule has 1 aromatic carbocycles. The lowest BCUT2D eigenvalue weighted by Crippen LogP contribution is -2.32. The average molecular weight is 267 g/mol. The van der Waals surface area contributed by atoms with E-state index in [-0.39, 0.29) is 17.9 Å². The van der Waals surface area contributed by atoms with Gasteiger partial charge in [-0.3, -0.25) is 19.5 Å². The Labute approximate surface area is 116 Å². The molecule has 5 nitrogen and oxygen atoms in total. The highest BCUT2D eigenvalue weighted by molar-refractivity contribution is 6.21. The fourth-order valence-electron chi connectivity index (χ4n) is 2.42. The molecule has 0 saturated heterocycles. The molecule has 2 amide bonds. The van der Waals surface area contributed by atoms with Crippen molar-refractivity contribution in [2.75, 3.05) is 5.73 Å². The Morgan fingerprint density at radius 3 is 2.60 bits per heavy atom. The summed E-state index contributed by atoms with van der Waals surface area (Å²) >= 11 is 0. The monoisotopic (exact) mass is 267 g/mol. The van der Waals surface area contributed by atoms with Gasteiger partial charge in [0.2, 0.25) is 0 Å². The molecule has 3 rings (SSSR count). The van der Waals surface area contributed by atoms with E-state index in [2.05, 4.69) is 4.98 Å². The molecule has 0 saturated carbocycles. The lowest BCUT2D eigenvalue weighted by molar-refractivity contribution is 0.0595. The van der Waals surface area contributed by atoms with Crippen molar-refractivity contribution in [2.24, 2.45) is 0 Å². The van der Waals surface area contributed by atoms with E-state index < -0.39 is 0 Å². The molecule has 0 aliphatic carbocycles. The van der Waals surface area contributed by atoms with Crippen LogP contribution in [0.3, 0.4) is 0 Å². The predicted octanol–water partition coefficient (Wildman–Crippen LogP) is 2.02. The number of fused-ring (bicyclic) bond motifs is 1. The first kappa shape index (κ1) is 12.3. The number of hydrogen-bond donors (Lipinski definition) is 1. The molecule has 2 N–H and O–H groups in total. The van der Waals surface area contributed by atoms with E-state index in [0.29, 0.717) is 16.8 Å². The van der Waals surface area contributed by atoms with Gasteiger partial charge in [0, 0.05) is 18.1 Å². The number of carbonyl (C=O) groups is 2. The maximum Gasteiger partial charge on any atom is 0.263 e. The second-order valence-electron chi connectivity index (χ2n) is 4.75. The third kappa shape index (κ3) is 1.75. The summed E-state index contributed by atoms with van der Waals surface area (Å²) < 4.78 is 0. The minimum atomic E-state index is -0.370. The number of imide groups is 1. The summed E-state index contributed by atoms with van der Waals surface area (Å²) in [5.41, 5.74) is 7.94. The summed E-state index contributed by atoms with van der Waals surface area (Å²) in [7, 11) is 0. The number of rotatable bonds is 2. The van der Waals surface area contributed by atoms with Gasteiger partial charge in [-0.25, -0.2) is 0 Å². The maximum atomic E-state index is 12.4. The van der Waals surface area contributed by atoms with Crippen LogP contribution in [0.5, 0.6) is 0 Å². The van der Waals surface area contributed by atoms with Crippen LogP contribution in [0.15, 0.2) is 42.7 Å². The van der Waals surface area contributed by atoms with Crippen LogP contribution in [-0.2, 0) is 0 Å². The van der Waals surface area contributed by atoms with Crippen molar-refractivity contribution in [3.8, 4) is 0 Å². The molecule has 5 heteroatoms. The number of pyridine rings is 1. The molecule has 0 spiro atoms. The highest BCUT2D eigenvalue weighted by Crippen LogP contribution is 2.31. The number of aromatic nitrogens is 1. The summed E-state index contributed by atoms with van der Waals surface area (Å²) in [5, 5.41) is 0. The van der Waals surface area contributed by atoms with E-state index in [1.54, 1.807) is 24.3 Å². The molecule has 1 aliphatic heterocycles. The number of amides is 2. The smallest absolute Gasteiger partial charge is 0.263 e. The Bertz CT molecular complexity index is 677. The Morgan fingerprint density at radius 2 is 1.90 bits per heavy atom. The van der Waals surface area contributed by atoms with Crippen LogP contribution in [0, 0.1) is 0 Å². The van der Waals surface area contributed by atoms with Crippen LogP contribution < -0.4 is 5.73 Å². The van der Waals surface area contributed by atoms with Crippen molar-refractivity contribution in [3.63, 3.8) is 0 Å². The summed E-state index contributed by atoms with van der Waals surface area (Å²) in [6.07, 6.45) is 2.94. The van der Waals surface area contributed by atoms with Gasteiger partial charge in [0.15, 0.2) is 0 Å². The van der Waals surface area contributed by atoms with E-state index in [1.165, 1.54) is 17.3 Å². The van der Waals surface area contributed by atoms with Gasteiger partial charge in [0.1, 0.15) is 0 Å². The highest BCUT2D eigenvalue weighted by atomic mass is 16.2. The second-order valence-corrected chi connectivity index (χ2v) is 4.75. The first-order valence-electron chi connectivity index (χ1n) is 6.27. The fourth-order valence-corrected chi connectivity index (χ4v) is 2.42. The fraction of sp³-hybridized carbons (Fsp3) is 0.133. The zero-order valence-electron chi connectivity index (χ0n) is 10.9. The molecule has 0 fully saturated rings. The van der Waals surface area contributed by atoms with Gasteiger partial charge in [-0.15, -0.1) is 0 Å². The average Bonchev–Trinajstić information content (AvgIpc) is 2.71. The Kier molecular flexibility index (Phi) is 2.75. The molecule has 0 bridgehead atoms. The second kappa shape index (κ2) is 4.45. The molecule has 2 aromatic rings. The number of nitrogens with zero attached hydrogens (tertiary/aromatic N) is 2. The molecular weight excluding hydrogens is 254 g/mol. The first-order chi connectivity index (χ1) is 9.59. The maximum absolute atomic E-state index is 12.4. The van der Waals surface area contributed by atoms with Crippen LogP contribution in [0.4, 0.5) is 5.69 Å². The van der Waals surface area contributed by atoms with Crippen molar-refractivity contribution < 1.29 is 9.59 Å². The third-order valence-electron chi connectivity index (χ3n) is 3.50. The summed E-state index contributed by atoms with van der Waals surface area (Å²) in [6.45, 7) is 1.81. The molecule has 1 unspecified atom stereocenters. The quantitative estimate of drug-likeness (QED) is 0.667. The van der Waals surface area contributed by atoms with Gasteiger partial charge < -0.3 is 5.73 Å². The van der Waals surface area contributed by atoms with Gasteiger partial charge in [-0.05, 0) is 30.7 Å². The van der Waals surface area contributed by atoms with E-state index in [0.717, 1.165) is 5.56 Å². The zero-order valence-corrected chi connectivity index (χ0v) is 10.9. The minimum Gasteiger partial charge on any atom is -0.399 e. The molecule has 1 aromatic heterocycles. The number of benzene rings is 1. The van der Waals surface area contributed by atoms with Crippen LogP contribution >= 0.6 is 0 Å². The summed E-state index contributed by atoms with van der Waals surface area (Å²) in [6, 6.07) is 8.39. The zero-order chi connectivity index (χ0) is 14.3. The Hall–Kier alpha value is -2.69. The largest absolute Gasteiger partial charge is 0.399 e.